The number of rotatable bonds is 3. The van der Waals surface area contributed by atoms with Crippen molar-refractivity contribution >= 4 is 29.4 Å². The molecular formula is C18H20N2O6. The number of benzene rings is 1. The summed E-state index contributed by atoms with van der Waals surface area (Å²) in [6, 6.07) is 4.47. The van der Waals surface area contributed by atoms with Crippen molar-refractivity contribution < 1.29 is 24.0 Å². The Hall–Kier alpha value is -2.90. The molecule has 0 radical (unpaired) electrons. The van der Waals surface area contributed by atoms with Crippen LogP contribution in [0.25, 0.3) is 6.08 Å². The molecule has 2 aliphatic rings. The number of carbonyl (C=O) groups is 2. The topological polar surface area (TPSA) is 99.0 Å². The first kappa shape index (κ1) is 17.9. The van der Waals surface area contributed by atoms with E-state index in [1.54, 1.807) is 31.1 Å². The molecule has 2 fully saturated rings. The van der Waals surface area contributed by atoms with Crippen LogP contribution < -0.4 is 4.90 Å². The number of hydrogen-bond acceptors (Lipinski definition) is 7. The summed E-state index contributed by atoms with van der Waals surface area (Å²) in [6.45, 7) is 0. The fraction of sp³-hybridized carbons (Fsp3) is 0.444. The highest BCUT2D eigenvalue weighted by molar-refractivity contribution is 6.19. The molecule has 0 bridgehead atoms. The van der Waals surface area contributed by atoms with Gasteiger partial charge in [0.15, 0.2) is 0 Å². The van der Waals surface area contributed by atoms with Crippen LogP contribution in [0.1, 0.15) is 37.7 Å². The fourth-order valence-corrected chi connectivity index (χ4v) is 3.29. The van der Waals surface area contributed by atoms with E-state index in [0.717, 1.165) is 19.3 Å². The molecule has 1 spiro atoms. The zero-order valence-corrected chi connectivity index (χ0v) is 14.7. The number of anilines is 1. The second-order valence-electron chi connectivity index (χ2n) is 6.71. The minimum absolute atomic E-state index is 0.120. The third kappa shape index (κ3) is 3.40. The summed E-state index contributed by atoms with van der Waals surface area (Å²) in [5.74, 6) is -2.64. The van der Waals surface area contributed by atoms with E-state index in [0.29, 0.717) is 24.1 Å². The molecule has 0 aromatic heterocycles. The van der Waals surface area contributed by atoms with Crippen molar-refractivity contribution in [3.8, 4) is 0 Å². The zero-order chi connectivity index (χ0) is 18.9. The van der Waals surface area contributed by atoms with Crippen molar-refractivity contribution in [3.05, 3.63) is 39.4 Å². The SMILES string of the molecule is CN(C)c1ccc(C=C2C(=O)OC3(CCCCC3)OC2=O)cc1[N+](=O)[O-]. The number of hydrogen-bond donors (Lipinski definition) is 0. The summed E-state index contributed by atoms with van der Waals surface area (Å²) in [4.78, 5) is 37.1. The zero-order valence-electron chi connectivity index (χ0n) is 14.7. The minimum Gasteiger partial charge on any atom is -0.419 e. The average Bonchev–Trinajstić information content (AvgIpc) is 2.58. The molecule has 1 saturated heterocycles. The van der Waals surface area contributed by atoms with Crippen LogP contribution in [0.2, 0.25) is 0 Å². The van der Waals surface area contributed by atoms with Crippen molar-refractivity contribution in [1.29, 1.82) is 0 Å². The van der Waals surface area contributed by atoms with Crippen LogP contribution in [-0.2, 0) is 19.1 Å². The Morgan fingerprint density at radius 2 is 1.73 bits per heavy atom. The number of nitrogens with zero attached hydrogens (tertiary/aromatic N) is 2. The Morgan fingerprint density at radius 1 is 1.12 bits per heavy atom. The molecule has 1 saturated carbocycles. The van der Waals surface area contributed by atoms with Gasteiger partial charge in [-0.05, 0) is 30.5 Å². The van der Waals surface area contributed by atoms with Gasteiger partial charge in [0.25, 0.3) is 11.5 Å². The van der Waals surface area contributed by atoms with Gasteiger partial charge < -0.3 is 14.4 Å². The Kier molecular flexibility index (Phi) is 4.67. The van der Waals surface area contributed by atoms with Crippen molar-refractivity contribution in [2.75, 3.05) is 19.0 Å². The molecule has 1 aromatic rings. The van der Waals surface area contributed by atoms with Gasteiger partial charge in [-0.3, -0.25) is 10.1 Å². The molecular weight excluding hydrogens is 340 g/mol. The van der Waals surface area contributed by atoms with Crippen LogP contribution in [0, 0.1) is 10.1 Å². The molecule has 0 amide bonds. The molecule has 1 heterocycles. The Balaban J connectivity index is 1.90. The quantitative estimate of drug-likeness (QED) is 0.269. The predicted octanol–water partition coefficient (Wildman–Crippen LogP) is 2.80. The largest absolute Gasteiger partial charge is 0.419 e. The number of nitro groups is 1. The van der Waals surface area contributed by atoms with Crippen molar-refractivity contribution in [1.82, 2.24) is 0 Å². The standard InChI is InChI=1S/C18H20N2O6/c1-19(2)14-7-6-12(11-15(14)20(23)24)10-13-16(21)25-18(26-17(13)22)8-4-3-5-9-18/h6-7,10-11H,3-5,8-9H2,1-2H3. The first-order chi connectivity index (χ1) is 12.3. The Labute approximate surface area is 150 Å². The van der Waals surface area contributed by atoms with E-state index in [4.69, 9.17) is 9.47 Å². The molecule has 3 rings (SSSR count). The van der Waals surface area contributed by atoms with Crippen molar-refractivity contribution in [3.63, 3.8) is 0 Å². The molecule has 138 valence electrons. The lowest BCUT2D eigenvalue weighted by atomic mass is 9.93. The third-order valence-corrected chi connectivity index (χ3v) is 4.60. The van der Waals surface area contributed by atoms with Crippen LogP contribution >= 0.6 is 0 Å². The highest BCUT2D eigenvalue weighted by atomic mass is 16.7. The summed E-state index contributed by atoms with van der Waals surface area (Å²) in [6.07, 6.45) is 4.95. The molecule has 26 heavy (non-hydrogen) atoms. The number of esters is 2. The summed E-state index contributed by atoms with van der Waals surface area (Å²) in [5, 5.41) is 11.3. The molecule has 8 heteroatoms. The second kappa shape index (κ2) is 6.78. The lowest BCUT2D eigenvalue weighted by Gasteiger charge is -2.38. The van der Waals surface area contributed by atoms with Crippen molar-refractivity contribution in [2.45, 2.75) is 37.9 Å². The van der Waals surface area contributed by atoms with Crippen LogP contribution in [0.3, 0.4) is 0 Å². The van der Waals surface area contributed by atoms with Gasteiger partial charge in [0.1, 0.15) is 11.3 Å². The molecule has 8 nitrogen and oxygen atoms in total. The molecule has 1 aliphatic heterocycles. The van der Waals surface area contributed by atoms with Gasteiger partial charge in [0.2, 0.25) is 0 Å². The van der Waals surface area contributed by atoms with Gasteiger partial charge in [-0.15, -0.1) is 0 Å². The van der Waals surface area contributed by atoms with Crippen LogP contribution in [0.4, 0.5) is 11.4 Å². The summed E-state index contributed by atoms with van der Waals surface area (Å²) >= 11 is 0. The third-order valence-electron chi connectivity index (χ3n) is 4.60. The van der Waals surface area contributed by atoms with E-state index in [1.807, 2.05) is 0 Å². The van der Waals surface area contributed by atoms with Gasteiger partial charge in [0.05, 0.1) is 4.92 Å². The van der Waals surface area contributed by atoms with Crippen LogP contribution in [0.15, 0.2) is 23.8 Å². The minimum atomic E-state index is -1.15. The second-order valence-corrected chi connectivity index (χ2v) is 6.71. The highest BCUT2D eigenvalue weighted by Crippen LogP contribution is 2.37. The van der Waals surface area contributed by atoms with Crippen LogP contribution in [-0.4, -0.2) is 36.7 Å². The number of carbonyl (C=O) groups excluding carboxylic acids is 2. The van der Waals surface area contributed by atoms with Crippen LogP contribution in [0.5, 0.6) is 0 Å². The summed E-state index contributed by atoms with van der Waals surface area (Å²) < 4.78 is 10.8. The lowest BCUT2D eigenvalue weighted by molar-refractivity contribution is -0.384. The average molecular weight is 360 g/mol. The summed E-state index contributed by atoms with van der Waals surface area (Å²) in [7, 11) is 3.39. The molecule has 1 aromatic carbocycles. The van der Waals surface area contributed by atoms with Gasteiger partial charge in [-0.2, -0.15) is 0 Å². The molecule has 0 atom stereocenters. The van der Waals surface area contributed by atoms with E-state index < -0.39 is 22.6 Å². The highest BCUT2D eigenvalue weighted by Gasteiger charge is 2.46. The van der Waals surface area contributed by atoms with Gasteiger partial charge in [0, 0.05) is 33.0 Å². The lowest BCUT2D eigenvalue weighted by Crippen LogP contribution is -2.47. The predicted molar refractivity (Wildman–Crippen MR) is 93.4 cm³/mol. The van der Waals surface area contributed by atoms with E-state index in [9.17, 15) is 19.7 Å². The monoisotopic (exact) mass is 360 g/mol. The Bertz CT molecular complexity index is 771. The smallest absolute Gasteiger partial charge is 0.348 e. The summed E-state index contributed by atoms with van der Waals surface area (Å²) in [5.41, 5.74) is 0.400. The van der Waals surface area contributed by atoms with E-state index >= 15 is 0 Å². The first-order valence-corrected chi connectivity index (χ1v) is 8.45. The maximum atomic E-state index is 12.3. The van der Waals surface area contributed by atoms with E-state index in [-0.39, 0.29) is 11.3 Å². The van der Waals surface area contributed by atoms with Gasteiger partial charge in [-0.1, -0.05) is 12.5 Å². The first-order valence-electron chi connectivity index (χ1n) is 8.45. The van der Waals surface area contributed by atoms with Crippen molar-refractivity contribution in [2.24, 2.45) is 0 Å². The maximum Gasteiger partial charge on any atom is 0.348 e. The Morgan fingerprint density at radius 3 is 2.27 bits per heavy atom. The van der Waals surface area contributed by atoms with Gasteiger partial charge >= 0.3 is 11.9 Å². The molecule has 0 N–H and O–H groups in total. The van der Waals surface area contributed by atoms with Gasteiger partial charge in [-0.25, -0.2) is 9.59 Å². The normalized spacial score (nSPS) is 18.9. The molecule has 1 aliphatic carbocycles. The maximum absolute atomic E-state index is 12.3. The number of nitro benzene ring substituents is 1. The van der Waals surface area contributed by atoms with E-state index in [2.05, 4.69) is 0 Å². The number of ether oxygens (including phenoxy) is 2. The fourth-order valence-electron chi connectivity index (χ4n) is 3.29. The molecule has 0 unspecified atom stereocenters. The van der Waals surface area contributed by atoms with E-state index in [1.165, 1.54) is 12.1 Å².